The minimum atomic E-state index is -0.256. The molecule has 25 heavy (non-hydrogen) atoms. The summed E-state index contributed by atoms with van der Waals surface area (Å²) in [4.78, 5) is 14.3. The van der Waals surface area contributed by atoms with Gasteiger partial charge in [0.25, 0.3) is 0 Å². The van der Waals surface area contributed by atoms with Gasteiger partial charge in [-0.25, -0.2) is 4.39 Å². The lowest BCUT2D eigenvalue weighted by Crippen LogP contribution is -2.41. The summed E-state index contributed by atoms with van der Waals surface area (Å²) < 4.78 is 12.9. The summed E-state index contributed by atoms with van der Waals surface area (Å²) in [6, 6.07) is 16.8. The Morgan fingerprint density at radius 1 is 1.00 bits per heavy atom. The normalized spacial score (nSPS) is 15.9. The first-order chi connectivity index (χ1) is 12.2. The van der Waals surface area contributed by atoms with Crippen molar-refractivity contribution in [1.82, 2.24) is 10.2 Å². The van der Waals surface area contributed by atoms with Gasteiger partial charge in [-0.05, 0) is 61.5 Å². The maximum Gasteiger partial charge on any atom is 0.234 e. The van der Waals surface area contributed by atoms with Crippen molar-refractivity contribution in [1.29, 1.82) is 0 Å². The van der Waals surface area contributed by atoms with E-state index in [9.17, 15) is 9.18 Å². The summed E-state index contributed by atoms with van der Waals surface area (Å²) in [6.07, 6.45) is 3.41. The number of halogens is 1. The second-order valence-electron chi connectivity index (χ2n) is 6.81. The highest BCUT2D eigenvalue weighted by molar-refractivity contribution is 5.78. The summed E-state index contributed by atoms with van der Waals surface area (Å²) >= 11 is 0. The number of likely N-dealkylation sites (tertiary alicyclic amines) is 1. The van der Waals surface area contributed by atoms with Crippen LogP contribution in [0.25, 0.3) is 0 Å². The van der Waals surface area contributed by atoms with E-state index in [0.717, 1.165) is 37.9 Å². The van der Waals surface area contributed by atoms with E-state index in [1.807, 2.05) is 0 Å². The Kier molecular flexibility index (Phi) is 6.18. The van der Waals surface area contributed by atoms with Crippen molar-refractivity contribution in [2.45, 2.75) is 25.8 Å². The molecule has 3 nitrogen and oxygen atoms in total. The van der Waals surface area contributed by atoms with Crippen LogP contribution in [0.2, 0.25) is 0 Å². The second kappa shape index (κ2) is 8.77. The molecule has 0 aliphatic carbocycles. The summed E-state index contributed by atoms with van der Waals surface area (Å²) in [5.41, 5.74) is 2.31. The molecule has 0 unspecified atom stereocenters. The zero-order valence-corrected chi connectivity index (χ0v) is 14.5. The Hall–Kier alpha value is -2.20. The molecule has 2 aromatic rings. The average molecular weight is 340 g/mol. The van der Waals surface area contributed by atoms with Crippen LogP contribution in [0.4, 0.5) is 4.39 Å². The standard InChI is InChI=1S/C21H25FN2O/c22-20-8-6-19(7-9-20)15-23-21(25)16-24-12-10-18(11-13-24)14-17-4-2-1-3-5-17/h1-9,18H,10-16H2,(H,23,25). The highest BCUT2D eigenvalue weighted by Crippen LogP contribution is 2.21. The average Bonchev–Trinajstić information content (AvgIpc) is 2.64. The van der Waals surface area contributed by atoms with Gasteiger partial charge in [0.1, 0.15) is 5.82 Å². The molecular formula is C21H25FN2O. The Morgan fingerprint density at radius 2 is 1.68 bits per heavy atom. The first-order valence-electron chi connectivity index (χ1n) is 8.96. The molecule has 1 fully saturated rings. The number of nitrogens with zero attached hydrogens (tertiary/aromatic N) is 1. The van der Waals surface area contributed by atoms with Crippen LogP contribution in [0.3, 0.4) is 0 Å². The zero-order valence-electron chi connectivity index (χ0n) is 14.5. The molecule has 0 bridgehead atoms. The molecule has 0 radical (unpaired) electrons. The van der Waals surface area contributed by atoms with Gasteiger partial charge in [0, 0.05) is 6.54 Å². The molecule has 3 rings (SSSR count). The lowest BCUT2D eigenvalue weighted by Gasteiger charge is -2.31. The predicted octanol–water partition coefficient (Wildman–Crippen LogP) is 3.40. The van der Waals surface area contributed by atoms with Crippen LogP contribution in [0.15, 0.2) is 54.6 Å². The SMILES string of the molecule is O=C(CN1CCC(Cc2ccccc2)CC1)NCc1ccc(F)cc1. The van der Waals surface area contributed by atoms with Gasteiger partial charge in [-0.1, -0.05) is 42.5 Å². The van der Waals surface area contributed by atoms with Gasteiger partial charge in [-0.2, -0.15) is 0 Å². The van der Waals surface area contributed by atoms with Crippen LogP contribution in [0, 0.1) is 11.7 Å². The quantitative estimate of drug-likeness (QED) is 0.874. The molecule has 1 saturated heterocycles. The molecule has 1 heterocycles. The van der Waals surface area contributed by atoms with Gasteiger partial charge in [-0.15, -0.1) is 0 Å². The number of amides is 1. The van der Waals surface area contributed by atoms with Crippen molar-refractivity contribution >= 4 is 5.91 Å². The van der Waals surface area contributed by atoms with Crippen molar-refractivity contribution in [3.63, 3.8) is 0 Å². The highest BCUT2D eigenvalue weighted by atomic mass is 19.1. The smallest absolute Gasteiger partial charge is 0.234 e. The molecule has 132 valence electrons. The number of carbonyl (C=O) groups is 1. The van der Waals surface area contributed by atoms with Crippen LogP contribution in [-0.2, 0) is 17.8 Å². The lowest BCUT2D eigenvalue weighted by molar-refractivity contribution is -0.122. The topological polar surface area (TPSA) is 32.3 Å². The third-order valence-corrected chi connectivity index (χ3v) is 4.84. The first-order valence-corrected chi connectivity index (χ1v) is 8.96. The molecular weight excluding hydrogens is 315 g/mol. The fraction of sp³-hybridized carbons (Fsp3) is 0.381. The molecule has 0 saturated carbocycles. The molecule has 0 spiro atoms. The largest absolute Gasteiger partial charge is 0.351 e. The third kappa shape index (κ3) is 5.68. The van der Waals surface area contributed by atoms with Crippen LogP contribution >= 0.6 is 0 Å². The van der Waals surface area contributed by atoms with E-state index < -0.39 is 0 Å². The Morgan fingerprint density at radius 3 is 2.36 bits per heavy atom. The van der Waals surface area contributed by atoms with E-state index in [4.69, 9.17) is 0 Å². The Bertz CT molecular complexity index is 664. The molecule has 0 aromatic heterocycles. The zero-order chi connectivity index (χ0) is 17.5. The third-order valence-electron chi connectivity index (χ3n) is 4.84. The van der Waals surface area contributed by atoms with Gasteiger partial charge in [0.05, 0.1) is 6.54 Å². The predicted molar refractivity (Wildman–Crippen MR) is 97.6 cm³/mol. The minimum absolute atomic E-state index is 0.0332. The minimum Gasteiger partial charge on any atom is -0.351 e. The Balaban J connectivity index is 1.36. The molecule has 2 aromatic carbocycles. The number of rotatable bonds is 6. The summed E-state index contributed by atoms with van der Waals surface area (Å²) in [7, 11) is 0. The van der Waals surface area contributed by atoms with Crippen molar-refractivity contribution in [3.8, 4) is 0 Å². The van der Waals surface area contributed by atoms with E-state index in [1.54, 1.807) is 12.1 Å². The Labute approximate surface area is 148 Å². The molecule has 1 aliphatic heterocycles. The number of carbonyl (C=O) groups excluding carboxylic acids is 1. The number of hydrogen-bond acceptors (Lipinski definition) is 2. The van der Waals surface area contributed by atoms with Gasteiger partial charge >= 0.3 is 0 Å². The van der Waals surface area contributed by atoms with Crippen molar-refractivity contribution in [2.75, 3.05) is 19.6 Å². The van der Waals surface area contributed by atoms with E-state index in [0.29, 0.717) is 19.0 Å². The lowest BCUT2D eigenvalue weighted by atomic mass is 9.90. The van der Waals surface area contributed by atoms with E-state index in [-0.39, 0.29) is 11.7 Å². The number of benzene rings is 2. The number of piperidine rings is 1. The van der Waals surface area contributed by atoms with Gasteiger partial charge < -0.3 is 5.32 Å². The van der Waals surface area contributed by atoms with E-state index in [1.165, 1.54) is 17.7 Å². The molecule has 1 aliphatic rings. The summed E-state index contributed by atoms with van der Waals surface area (Å²) in [6.45, 7) is 2.84. The van der Waals surface area contributed by atoms with Gasteiger partial charge in [0.15, 0.2) is 0 Å². The van der Waals surface area contributed by atoms with E-state index >= 15 is 0 Å². The molecule has 4 heteroatoms. The van der Waals surface area contributed by atoms with Crippen LogP contribution in [0.5, 0.6) is 0 Å². The highest BCUT2D eigenvalue weighted by Gasteiger charge is 2.20. The fourth-order valence-electron chi connectivity index (χ4n) is 3.36. The van der Waals surface area contributed by atoms with Crippen molar-refractivity contribution in [3.05, 3.63) is 71.5 Å². The maximum atomic E-state index is 12.9. The monoisotopic (exact) mass is 340 g/mol. The van der Waals surface area contributed by atoms with Crippen molar-refractivity contribution < 1.29 is 9.18 Å². The van der Waals surface area contributed by atoms with Crippen LogP contribution in [0.1, 0.15) is 24.0 Å². The number of nitrogens with one attached hydrogen (secondary N) is 1. The number of hydrogen-bond donors (Lipinski definition) is 1. The van der Waals surface area contributed by atoms with E-state index in [2.05, 4.69) is 40.5 Å². The molecule has 1 N–H and O–H groups in total. The molecule has 0 atom stereocenters. The van der Waals surface area contributed by atoms with Gasteiger partial charge in [0.2, 0.25) is 5.91 Å². The van der Waals surface area contributed by atoms with Gasteiger partial charge in [-0.3, -0.25) is 9.69 Å². The maximum absolute atomic E-state index is 12.9. The molecule has 1 amide bonds. The van der Waals surface area contributed by atoms with Crippen LogP contribution in [-0.4, -0.2) is 30.4 Å². The van der Waals surface area contributed by atoms with Crippen LogP contribution < -0.4 is 5.32 Å². The first kappa shape index (κ1) is 17.6. The summed E-state index contributed by atoms with van der Waals surface area (Å²) in [5.74, 6) is 0.486. The fourth-order valence-corrected chi connectivity index (χ4v) is 3.36. The van der Waals surface area contributed by atoms with Crippen molar-refractivity contribution in [2.24, 2.45) is 5.92 Å². The second-order valence-corrected chi connectivity index (χ2v) is 6.81. The summed E-state index contributed by atoms with van der Waals surface area (Å²) in [5, 5.41) is 2.91.